The Hall–Kier alpha value is -4.33. The van der Waals surface area contributed by atoms with Gasteiger partial charge in [-0.1, -0.05) is 13.3 Å². The normalized spacial score (nSPS) is 10.6. The molecule has 0 unspecified atom stereocenters. The third-order valence-electron chi connectivity index (χ3n) is 4.78. The molecule has 0 bridgehead atoms. The molecule has 3 aromatic carbocycles. The predicted molar refractivity (Wildman–Crippen MR) is 132 cm³/mol. The van der Waals surface area contributed by atoms with Crippen LogP contribution in [0.15, 0.2) is 77.9 Å². The zero-order chi connectivity index (χ0) is 24.9. The van der Waals surface area contributed by atoms with Crippen LogP contribution in [0, 0.1) is 0 Å². The summed E-state index contributed by atoms with van der Waals surface area (Å²) >= 11 is 0. The second-order valence-electron chi connectivity index (χ2n) is 7.44. The largest absolute Gasteiger partial charge is 0.497 e. The van der Waals surface area contributed by atoms with Gasteiger partial charge in [0, 0.05) is 0 Å². The smallest absolute Gasteiger partial charge is 0.343 e. The van der Waals surface area contributed by atoms with Gasteiger partial charge >= 0.3 is 5.97 Å². The fourth-order valence-corrected chi connectivity index (χ4v) is 2.84. The average Bonchev–Trinajstić information content (AvgIpc) is 2.89. The summed E-state index contributed by atoms with van der Waals surface area (Å²) in [6.45, 7) is 2.61. The van der Waals surface area contributed by atoms with Crippen molar-refractivity contribution >= 4 is 18.1 Å². The molecular formula is C27H28N2O6. The molecule has 3 aromatic rings. The lowest BCUT2D eigenvalue weighted by molar-refractivity contribution is -0.123. The van der Waals surface area contributed by atoms with Gasteiger partial charge in [-0.05, 0) is 84.8 Å². The fourth-order valence-electron chi connectivity index (χ4n) is 2.84. The molecule has 8 nitrogen and oxygen atoms in total. The van der Waals surface area contributed by atoms with Gasteiger partial charge in [0.1, 0.15) is 23.0 Å². The van der Waals surface area contributed by atoms with Crippen LogP contribution in [0.2, 0.25) is 0 Å². The van der Waals surface area contributed by atoms with E-state index in [1.807, 2.05) is 0 Å². The molecule has 0 heterocycles. The maximum atomic E-state index is 12.2. The van der Waals surface area contributed by atoms with Crippen LogP contribution in [0.25, 0.3) is 0 Å². The number of amides is 1. The number of nitrogens with one attached hydrogen (secondary N) is 1. The molecule has 0 spiro atoms. The minimum absolute atomic E-state index is 0.173. The van der Waals surface area contributed by atoms with Crippen molar-refractivity contribution in [3.8, 4) is 23.0 Å². The first-order valence-electron chi connectivity index (χ1n) is 11.2. The van der Waals surface area contributed by atoms with Crippen LogP contribution >= 0.6 is 0 Å². The first-order chi connectivity index (χ1) is 17.1. The molecular weight excluding hydrogens is 448 g/mol. The maximum absolute atomic E-state index is 12.2. The highest BCUT2D eigenvalue weighted by Gasteiger charge is 2.08. The van der Waals surface area contributed by atoms with Gasteiger partial charge in [-0.15, -0.1) is 0 Å². The van der Waals surface area contributed by atoms with Gasteiger partial charge in [0.2, 0.25) is 0 Å². The number of hydrazone groups is 1. The van der Waals surface area contributed by atoms with Gasteiger partial charge < -0.3 is 18.9 Å². The van der Waals surface area contributed by atoms with Crippen molar-refractivity contribution in [2.24, 2.45) is 5.10 Å². The SMILES string of the molecule is CCCCOc1ccc(OCC(=O)N/N=C/c2ccc(OC(=O)c3ccc(OC)cc3)cc2)cc1. The van der Waals surface area contributed by atoms with Crippen molar-refractivity contribution in [2.45, 2.75) is 19.8 Å². The number of ether oxygens (including phenoxy) is 4. The van der Waals surface area contributed by atoms with Gasteiger partial charge in [-0.2, -0.15) is 5.10 Å². The number of benzene rings is 3. The number of unbranched alkanes of at least 4 members (excludes halogenated alkanes) is 1. The summed E-state index contributed by atoms with van der Waals surface area (Å²) in [5.74, 6) is 1.51. The molecule has 0 aromatic heterocycles. The van der Waals surface area contributed by atoms with Crippen LogP contribution in [0.1, 0.15) is 35.7 Å². The topological polar surface area (TPSA) is 95.5 Å². The quantitative estimate of drug-likeness (QED) is 0.135. The highest BCUT2D eigenvalue weighted by molar-refractivity contribution is 5.91. The van der Waals surface area contributed by atoms with E-state index in [4.69, 9.17) is 18.9 Å². The Labute approximate surface area is 204 Å². The van der Waals surface area contributed by atoms with E-state index in [2.05, 4.69) is 17.5 Å². The number of rotatable bonds is 12. The van der Waals surface area contributed by atoms with E-state index in [0.717, 1.165) is 18.6 Å². The summed E-state index contributed by atoms with van der Waals surface area (Å²) in [5, 5.41) is 3.92. The van der Waals surface area contributed by atoms with E-state index >= 15 is 0 Å². The summed E-state index contributed by atoms with van der Waals surface area (Å²) in [6, 6.07) is 20.5. The second kappa shape index (κ2) is 13.4. The number of nitrogens with zero attached hydrogens (tertiary/aromatic N) is 1. The number of carbonyl (C=O) groups is 2. The van der Waals surface area contributed by atoms with Crippen LogP contribution in [0.4, 0.5) is 0 Å². The number of methoxy groups -OCH3 is 1. The van der Waals surface area contributed by atoms with Crippen molar-refractivity contribution in [3.63, 3.8) is 0 Å². The highest BCUT2D eigenvalue weighted by Crippen LogP contribution is 2.18. The minimum atomic E-state index is -0.472. The lowest BCUT2D eigenvalue weighted by Gasteiger charge is -2.08. The Balaban J connectivity index is 1.40. The standard InChI is InChI=1S/C27H28N2O6/c1-3-4-17-33-23-13-15-24(16-14-23)34-19-26(30)29-28-18-20-5-9-25(10-6-20)35-27(31)21-7-11-22(32-2)12-8-21/h5-16,18H,3-4,17,19H2,1-2H3,(H,29,30)/b28-18+. The molecule has 0 saturated heterocycles. The molecule has 0 aliphatic carbocycles. The number of hydrogen-bond donors (Lipinski definition) is 1. The van der Waals surface area contributed by atoms with Crippen molar-refractivity contribution in [3.05, 3.63) is 83.9 Å². The summed E-state index contributed by atoms with van der Waals surface area (Å²) in [7, 11) is 1.56. The van der Waals surface area contributed by atoms with Gasteiger partial charge in [-0.3, -0.25) is 4.79 Å². The maximum Gasteiger partial charge on any atom is 0.343 e. The Bertz CT molecular complexity index is 1110. The van der Waals surface area contributed by atoms with Crippen molar-refractivity contribution in [1.82, 2.24) is 5.43 Å². The van der Waals surface area contributed by atoms with E-state index < -0.39 is 11.9 Å². The lowest BCUT2D eigenvalue weighted by Crippen LogP contribution is -2.24. The summed E-state index contributed by atoms with van der Waals surface area (Å²) in [4.78, 5) is 24.2. The molecule has 0 radical (unpaired) electrons. The summed E-state index contributed by atoms with van der Waals surface area (Å²) in [5.41, 5.74) is 3.54. The van der Waals surface area contributed by atoms with E-state index in [1.165, 1.54) is 6.21 Å². The Morgan fingerprint density at radius 3 is 2.06 bits per heavy atom. The van der Waals surface area contributed by atoms with Crippen molar-refractivity contribution < 1.29 is 28.5 Å². The Kier molecular flexibility index (Phi) is 9.68. The van der Waals surface area contributed by atoms with Crippen LogP contribution in [0.3, 0.4) is 0 Å². The molecule has 1 N–H and O–H groups in total. The molecule has 182 valence electrons. The molecule has 0 aliphatic rings. The van der Waals surface area contributed by atoms with Crippen LogP contribution in [0.5, 0.6) is 23.0 Å². The number of hydrogen-bond acceptors (Lipinski definition) is 7. The van der Waals surface area contributed by atoms with E-state index in [1.54, 1.807) is 79.9 Å². The van der Waals surface area contributed by atoms with Crippen LogP contribution < -0.4 is 24.4 Å². The fraction of sp³-hybridized carbons (Fsp3) is 0.222. The van der Waals surface area contributed by atoms with Gasteiger partial charge in [0.05, 0.1) is 25.5 Å². The first kappa shape index (κ1) is 25.3. The van der Waals surface area contributed by atoms with Crippen LogP contribution in [-0.4, -0.2) is 38.4 Å². The molecule has 0 atom stereocenters. The minimum Gasteiger partial charge on any atom is -0.497 e. The monoisotopic (exact) mass is 476 g/mol. The third-order valence-corrected chi connectivity index (χ3v) is 4.78. The molecule has 1 amide bonds. The Morgan fingerprint density at radius 2 is 1.43 bits per heavy atom. The summed E-state index contributed by atoms with van der Waals surface area (Å²) < 4.78 is 21.5. The first-order valence-corrected chi connectivity index (χ1v) is 11.2. The summed E-state index contributed by atoms with van der Waals surface area (Å²) in [6.07, 6.45) is 3.56. The molecule has 35 heavy (non-hydrogen) atoms. The molecule has 3 rings (SSSR count). The van der Waals surface area contributed by atoms with Gasteiger partial charge in [0.15, 0.2) is 6.61 Å². The van der Waals surface area contributed by atoms with E-state index in [0.29, 0.717) is 35.0 Å². The van der Waals surface area contributed by atoms with E-state index in [-0.39, 0.29) is 6.61 Å². The van der Waals surface area contributed by atoms with Gasteiger partial charge in [-0.25, -0.2) is 10.2 Å². The average molecular weight is 477 g/mol. The molecule has 8 heteroatoms. The van der Waals surface area contributed by atoms with Crippen LogP contribution in [-0.2, 0) is 4.79 Å². The van der Waals surface area contributed by atoms with E-state index in [9.17, 15) is 9.59 Å². The van der Waals surface area contributed by atoms with Crippen molar-refractivity contribution in [1.29, 1.82) is 0 Å². The number of esters is 1. The molecule has 0 aliphatic heterocycles. The zero-order valence-electron chi connectivity index (χ0n) is 19.7. The van der Waals surface area contributed by atoms with Crippen molar-refractivity contribution in [2.75, 3.05) is 20.3 Å². The molecule has 0 fully saturated rings. The van der Waals surface area contributed by atoms with Gasteiger partial charge in [0.25, 0.3) is 5.91 Å². The highest BCUT2D eigenvalue weighted by atomic mass is 16.5. The predicted octanol–water partition coefficient (Wildman–Crippen LogP) is 4.62. The second-order valence-corrected chi connectivity index (χ2v) is 7.44. The molecule has 0 saturated carbocycles. The third kappa shape index (κ3) is 8.51. The Morgan fingerprint density at radius 1 is 0.829 bits per heavy atom. The number of carbonyl (C=O) groups excluding carboxylic acids is 2. The zero-order valence-corrected chi connectivity index (χ0v) is 19.7. The lowest BCUT2D eigenvalue weighted by atomic mass is 10.2.